The lowest BCUT2D eigenvalue weighted by Crippen LogP contribution is -2.37. The van der Waals surface area contributed by atoms with Crippen LogP contribution in [0.5, 0.6) is 0 Å². The molecule has 1 aliphatic heterocycles. The lowest BCUT2D eigenvalue weighted by Gasteiger charge is -2.32. The Hall–Kier alpha value is -0.190. The summed E-state index contributed by atoms with van der Waals surface area (Å²) in [7, 11) is 0. The molecule has 1 aromatic rings. The van der Waals surface area contributed by atoms with Crippen LogP contribution in [0.15, 0.2) is 21.5 Å². The Morgan fingerprint density at radius 2 is 2.27 bits per heavy atom. The summed E-state index contributed by atoms with van der Waals surface area (Å²) in [5.41, 5.74) is 8.24. The molecule has 0 saturated carbocycles. The van der Waals surface area contributed by atoms with Gasteiger partial charge in [0.1, 0.15) is 0 Å². The van der Waals surface area contributed by atoms with Gasteiger partial charge in [0.15, 0.2) is 0 Å². The molecule has 4 heteroatoms. The summed E-state index contributed by atoms with van der Waals surface area (Å²) >= 11 is 5.47. The second-order valence-corrected chi connectivity index (χ2v) is 6.08. The summed E-state index contributed by atoms with van der Waals surface area (Å²) < 4.78 is 1.15. The number of hydrogen-bond donors (Lipinski definition) is 2. The van der Waals surface area contributed by atoms with Crippen LogP contribution >= 0.6 is 27.7 Å². The van der Waals surface area contributed by atoms with Gasteiger partial charge in [-0.1, -0.05) is 0 Å². The van der Waals surface area contributed by atoms with Crippen LogP contribution < -0.4 is 11.1 Å². The number of nitrogens with two attached hydrogens (primary N) is 1. The van der Waals surface area contributed by atoms with Crippen molar-refractivity contribution in [3.05, 3.63) is 22.2 Å². The minimum atomic E-state index is 0.423. The third kappa shape index (κ3) is 2.17. The van der Waals surface area contributed by atoms with E-state index in [1.54, 1.807) is 0 Å². The first-order valence-electron chi connectivity index (χ1n) is 5.05. The molecule has 1 aromatic carbocycles. The van der Waals surface area contributed by atoms with Crippen LogP contribution in [-0.4, -0.2) is 17.8 Å². The highest BCUT2D eigenvalue weighted by molar-refractivity contribution is 9.10. The Morgan fingerprint density at radius 3 is 2.93 bits per heavy atom. The topological polar surface area (TPSA) is 38.0 Å². The monoisotopic (exact) mass is 286 g/mol. The van der Waals surface area contributed by atoms with Gasteiger partial charge >= 0.3 is 0 Å². The van der Waals surface area contributed by atoms with Crippen molar-refractivity contribution in [3.63, 3.8) is 0 Å². The van der Waals surface area contributed by atoms with Crippen molar-refractivity contribution in [2.75, 3.05) is 11.9 Å². The van der Waals surface area contributed by atoms with Gasteiger partial charge in [-0.25, -0.2) is 0 Å². The van der Waals surface area contributed by atoms with Gasteiger partial charge in [0.2, 0.25) is 0 Å². The van der Waals surface area contributed by atoms with Crippen molar-refractivity contribution in [1.29, 1.82) is 0 Å². The smallest absolute Gasteiger partial charge is 0.0625 e. The SMILES string of the molecule is Cc1cc(Br)c2c(c1)SC(CN)C(C)N2. The predicted molar refractivity (Wildman–Crippen MR) is 70.7 cm³/mol. The van der Waals surface area contributed by atoms with E-state index in [1.807, 2.05) is 11.8 Å². The van der Waals surface area contributed by atoms with Crippen LogP contribution in [-0.2, 0) is 0 Å². The summed E-state index contributed by atoms with van der Waals surface area (Å²) in [4.78, 5) is 1.30. The fourth-order valence-electron chi connectivity index (χ4n) is 1.78. The van der Waals surface area contributed by atoms with Crippen LogP contribution in [0.3, 0.4) is 0 Å². The molecule has 0 saturated heterocycles. The fourth-order valence-corrected chi connectivity index (χ4v) is 3.84. The van der Waals surface area contributed by atoms with E-state index in [2.05, 4.69) is 47.2 Å². The van der Waals surface area contributed by atoms with Crippen molar-refractivity contribution in [2.45, 2.75) is 30.0 Å². The lowest BCUT2D eigenvalue weighted by atomic mass is 10.1. The van der Waals surface area contributed by atoms with Gasteiger partial charge in [0.25, 0.3) is 0 Å². The molecule has 0 amide bonds. The maximum atomic E-state index is 5.75. The third-order valence-electron chi connectivity index (χ3n) is 2.64. The summed E-state index contributed by atoms with van der Waals surface area (Å²) in [5, 5.41) is 3.97. The van der Waals surface area contributed by atoms with E-state index in [0.717, 1.165) is 4.47 Å². The molecule has 0 spiro atoms. The molecular weight excluding hydrogens is 272 g/mol. The Kier molecular flexibility index (Phi) is 3.28. The summed E-state index contributed by atoms with van der Waals surface area (Å²) in [6, 6.07) is 4.78. The van der Waals surface area contributed by atoms with Crippen LogP contribution in [0, 0.1) is 6.92 Å². The molecule has 1 aliphatic rings. The van der Waals surface area contributed by atoms with Crippen LogP contribution in [0.4, 0.5) is 5.69 Å². The molecule has 15 heavy (non-hydrogen) atoms. The van der Waals surface area contributed by atoms with E-state index in [4.69, 9.17) is 5.73 Å². The summed E-state index contributed by atoms with van der Waals surface area (Å²) in [6.07, 6.45) is 0. The van der Waals surface area contributed by atoms with Crippen LogP contribution in [0.1, 0.15) is 12.5 Å². The van der Waals surface area contributed by atoms with Crippen molar-refractivity contribution in [3.8, 4) is 0 Å². The molecule has 1 heterocycles. The Morgan fingerprint density at radius 1 is 1.53 bits per heavy atom. The molecular formula is C11H15BrN2S. The van der Waals surface area contributed by atoms with Crippen molar-refractivity contribution < 1.29 is 0 Å². The number of fused-ring (bicyclic) bond motifs is 1. The Balaban J connectivity index is 2.40. The highest BCUT2D eigenvalue weighted by Crippen LogP contribution is 2.42. The van der Waals surface area contributed by atoms with Gasteiger partial charge in [-0.05, 0) is 47.5 Å². The van der Waals surface area contributed by atoms with E-state index < -0.39 is 0 Å². The van der Waals surface area contributed by atoms with Gasteiger partial charge in [-0.2, -0.15) is 0 Å². The molecule has 2 nitrogen and oxygen atoms in total. The Labute approximate surface area is 103 Å². The van der Waals surface area contributed by atoms with Gasteiger partial charge in [0.05, 0.1) is 5.69 Å². The summed E-state index contributed by atoms with van der Waals surface area (Å²) in [6.45, 7) is 5.00. The van der Waals surface area contributed by atoms with Crippen LogP contribution in [0.25, 0.3) is 0 Å². The quantitative estimate of drug-likeness (QED) is 0.834. The average molecular weight is 287 g/mol. The first kappa shape index (κ1) is 11.3. The van der Waals surface area contributed by atoms with Gasteiger partial charge < -0.3 is 11.1 Å². The first-order chi connectivity index (χ1) is 7.11. The van der Waals surface area contributed by atoms with E-state index in [1.165, 1.54) is 16.1 Å². The molecule has 3 N–H and O–H groups in total. The fraction of sp³-hybridized carbons (Fsp3) is 0.455. The molecule has 2 atom stereocenters. The Bertz CT molecular complexity index is 381. The standard InChI is InChI=1S/C11H15BrN2S/c1-6-3-8(12)11-9(4-6)15-10(5-13)7(2)14-11/h3-4,7,10,14H,5,13H2,1-2H3. The van der Waals surface area contributed by atoms with E-state index >= 15 is 0 Å². The number of anilines is 1. The number of aryl methyl sites for hydroxylation is 1. The average Bonchev–Trinajstić information content (AvgIpc) is 2.18. The maximum absolute atomic E-state index is 5.75. The molecule has 0 radical (unpaired) electrons. The zero-order chi connectivity index (χ0) is 11.0. The predicted octanol–water partition coefficient (Wildman–Crippen LogP) is 2.99. The first-order valence-corrected chi connectivity index (χ1v) is 6.72. The second kappa shape index (κ2) is 4.36. The minimum Gasteiger partial charge on any atom is -0.380 e. The maximum Gasteiger partial charge on any atom is 0.0625 e. The number of rotatable bonds is 1. The van der Waals surface area contributed by atoms with Gasteiger partial charge in [-0.15, -0.1) is 11.8 Å². The van der Waals surface area contributed by atoms with E-state index in [0.29, 0.717) is 17.8 Å². The number of nitrogens with one attached hydrogen (secondary N) is 1. The minimum absolute atomic E-state index is 0.423. The van der Waals surface area contributed by atoms with E-state index in [-0.39, 0.29) is 0 Å². The molecule has 0 fully saturated rings. The van der Waals surface area contributed by atoms with Crippen molar-refractivity contribution in [2.24, 2.45) is 5.73 Å². The highest BCUT2D eigenvalue weighted by Gasteiger charge is 2.25. The molecule has 0 bridgehead atoms. The summed E-state index contributed by atoms with van der Waals surface area (Å²) in [5.74, 6) is 0. The van der Waals surface area contributed by atoms with Gasteiger partial charge in [0, 0.05) is 27.2 Å². The number of halogens is 1. The van der Waals surface area contributed by atoms with Crippen molar-refractivity contribution >= 4 is 33.4 Å². The lowest BCUT2D eigenvalue weighted by molar-refractivity contribution is 0.722. The van der Waals surface area contributed by atoms with Crippen LogP contribution in [0.2, 0.25) is 0 Å². The molecule has 82 valence electrons. The van der Waals surface area contributed by atoms with Gasteiger partial charge in [-0.3, -0.25) is 0 Å². The number of benzene rings is 1. The number of hydrogen-bond acceptors (Lipinski definition) is 3. The zero-order valence-corrected chi connectivity index (χ0v) is 11.3. The van der Waals surface area contributed by atoms with E-state index in [9.17, 15) is 0 Å². The highest BCUT2D eigenvalue weighted by atomic mass is 79.9. The molecule has 0 aliphatic carbocycles. The van der Waals surface area contributed by atoms with Crippen molar-refractivity contribution in [1.82, 2.24) is 0 Å². The molecule has 2 unspecified atom stereocenters. The molecule has 2 rings (SSSR count). The zero-order valence-electron chi connectivity index (χ0n) is 8.88. The largest absolute Gasteiger partial charge is 0.380 e. The normalized spacial score (nSPS) is 24.5. The second-order valence-electron chi connectivity index (χ2n) is 3.94. The third-order valence-corrected chi connectivity index (χ3v) is 4.74. The molecule has 0 aromatic heterocycles. The number of thioether (sulfide) groups is 1.